The molecule has 2 rings (SSSR count). The second kappa shape index (κ2) is 4.97. The summed E-state index contributed by atoms with van der Waals surface area (Å²) in [6.45, 7) is 1.56. The van der Waals surface area contributed by atoms with Gasteiger partial charge in [-0.3, -0.25) is 14.9 Å². The molecule has 19 heavy (non-hydrogen) atoms. The number of nitrogens with zero attached hydrogens (tertiary/aromatic N) is 1. The molecule has 0 aliphatic rings. The lowest BCUT2D eigenvalue weighted by molar-refractivity contribution is -0.384. The Kier molecular flexibility index (Phi) is 3.37. The molecule has 0 aromatic heterocycles. The largest absolute Gasteiger partial charge is 0.298 e. The van der Waals surface area contributed by atoms with Crippen molar-refractivity contribution in [2.45, 2.75) is 6.92 Å². The number of hydrogen-bond acceptors (Lipinski definition) is 3. The Morgan fingerprint density at radius 2 is 1.95 bits per heavy atom. The Morgan fingerprint density at radius 3 is 2.58 bits per heavy atom. The van der Waals surface area contributed by atoms with Gasteiger partial charge in [-0.25, -0.2) is 4.39 Å². The van der Waals surface area contributed by atoms with E-state index < -0.39 is 10.7 Å². The van der Waals surface area contributed by atoms with Gasteiger partial charge in [-0.1, -0.05) is 18.2 Å². The quantitative estimate of drug-likeness (QED) is 0.481. The molecule has 0 atom stereocenters. The van der Waals surface area contributed by atoms with E-state index in [-0.39, 0.29) is 11.3 Å². The topological polar surface area (TPSA) is 60.2 Å². The fraction of sp³-hybridized carbons (Fsp3) is 0.0714. The van der Waals surface area contributed by atoms with E-state index in [9.17, 15) is 19.3 Å². The zero-order chi connectivity index (χ0) is 14.0. The van der Waals surface area contributed by atoms with Gasteiger partial charge in [0.2, 0.25) is 0 Å². The molecule has 2 aromatic rings. The van der Waals surface area contributed by atoms with Crippen molar-refractivity contribution in [2.75, 3.05) is 0 Å². The minimum absolute atomic E-state index is 0.210. The summed E-state index contributed by atoms with van der Waals surface area (Å²) in [4.78, 5) is 21.1. The fourth-order valence-corrected chi connectivity index (χ4v) is 1.90. The summed E-state index contributed by atoms with van der Waals surface area (Å²) in [6.07, 6.45) is 0.537. The molecule has 4 nitrogen and oxygen atoms in total. The molecule has 0 radical (unpaired) electrons. The Bertz CT molecular complexity index is 668. The normalized spacial score (nSPS) is 10.2. The molecule has 0 bridgehead atoms. The van der Waals surface area contributed by atoms with Crippen LogP contribution >= 0.6 is 0 Å². The molecule has 0 saturated carbocycles. The molecule has 0 spiro atoms. The first-order valence-electron chi connectivity index (χ1n) is 5.53. The standard InChI is InChI=1S/C14H10FNO3/c1-9-11(3-2-4-13(9)15)12-6-5-10(8-17)7-14(12)16(18)19/h2-8H,1H3. The summed E-state index contributed by atoms with van der Waals surface area (Å²) < 4.78 is 13.5. The Hall–Kier alpha value is -2.56. The van der Waals surface area contributed by atoms with Crippen molar-refractivity contribution >= 4 is 12.0 Å². The maximum absolute atomic E-state index is 13.5. The summed E-state index contributed by atoms with van der Waals surface area (Å²) in [5, 5.41) is 11.1. The Balaban J connectivity index is 2.71. The molecule has 0 amide bonds. The monoisotopic (exact) mass is 259 g/mol. The van der Waals surface area contributed by atoms with Crippen LogP contribution in [-0.4, -0.2) is 11.2 Å². The lowest BCUT2D eigenvalue weighted by atomic mass is 9.97. The zero-order valence-electron chi connectivity index (χ0n) is 10.1. The second-order valence-corrected chi connectivity index (χ2v) is 4.06. The van der Waals surface area contributed by atoms with Gasteiger partial charge in [0.15, 0.2) is 0 Å². The van der Waals surface area contributed by atoms with Gasteiger partial charge in [0.25, 0.3) is 5.69 Å². The molecule has 0 N–H and O–H groups in total. The van der Waals surface area contributed by atoms with Gasteiger partial charge < -0.3 is 0 Å². The first-order valence-corrected chi connectivity index (χ1v) is 5.53. The maximum Gasteiger partial charge on any atom is 0.277 e. The van der Waals surface area contributed by atoms with Crippen molar-refractivity contribution in [1.29, 1.82) is 0 Å². The van der Waals surface area contributed by atoms with E-state index in [0.717, 1.165) is 0 Å². The minimum atomic E-state index is -0.577. The summed E-state index contributed by atoms with van der Waals surface area (Å²) in [7, 11) is 0. The zero-order valence-corrected chi connectivity index (χ0v) is 10.1. The van der Waals surface area contributed by atoms with Gasteiger partial charge in [0, 0.05) is 11.6 Å². The predicted molar refractivity (Wildman–Crippen MR) is 68.6 cm³/mol. The molecule has 96 valence electrons. The van der Waals surface area contributed by atoms with Crippen molar-refractivity contribution in [2.24, 2.45) is 0 Å². The van der Waals surface area contributed by atoms with E-state index in [1.807, 2.05) is 0 Å². The average Bonchev–Trinajstić information content (AvgIpc) is 2.41. The number of carbonyl (C=O) groups is 1. The smallest absolute Gasteiger partial charge is 0.277 e. The van der Waals surface area contributed by atoms with Gasteiger partial charge in [0.05, 0.1) is 10.5 Å². The third-order valence-electron chi connectivity index (χ3n) is 2.91. The first kappa shape index (κ1) is 12.9. The van der Waals surface area contributed by atoms with Crippen LogP contribution in [0.15, 0.2) is 36.4 Å². The number of benzene rings is 2. The van der Waals surface area contributed by atoms with Crippen LogP contribution in [0.5, 0.6) is 0 Å². The SMILES string of the molecule is Cc1c(F)cccc1-c1ccc(C=O)cc1[N+](=O)[O-]. The molecule has 0 heterocycles. The van der Waals surface area contributed by atoms with Crippen molar-refractivity contribution in [3.8, 4) is 11.1 Å². The van der Waals surface area contributed by atoms with Crippen LogP contribution < -0.4 is 0 Å². The molecule has 0 fully saturated rings. The van der Waals surface area contributed by atoms with Crippen LogP contribution in [-0.2, 0) is 0 Å². The summed E-state index contributed by atoms with van der Waals surface area (Å²) in [6, 6.07) is 8.52. The lowest BCUT2D eigenvalue weighted by Gasteiger charge is -2.08. The van der Waals surface area contributed by atoms with Crippen molar-refractivity contribution in [3.63, 3.8) is 0 Å². The fourth-order valence-electron chi connectivity index (χ4n) is 1.90. The third kappa shape index (κ3) is 2.35. The number of nitro benzene ring substituents is 1. The number of carbonyl (C=O) groups excluding carboxylic acids is 1. The van der Waals surface area contributed by atoms with Crippen molar-refractivity contribution in [3.05, 3.63) is 63.5 Å². The van der Waals surface area contributed by atoms with E-state index in [0.29, 0.717) is 23.0 Å². The molecule has 0 aliphatic carbocycles. The molecule has 0 aliphatic heterocycles. The first-order chi connectivity index (χ1) is 9.04. The van der Waals surface area contributed by atoms with Crippen LogP contribution in [0, 0.1) is 22.9 Å². The Labute approximate surface area is 108 Å². The van der Waals surface area contributed by atoms with E-state index in [1.165, 1.54) is 30.3 Å². The van der Waals surface area contributed by atoms with Gasteiger partial charge in [-0.15, -0.1) is 0 Å². The average molecular weight is 259 g/mol. The van der Waals surface area contributed by atoms with E-state index in [1.54, 1.807) is 13.0 Å². The highest BCUT2D eigenvalue weighted by Crippen LogP contribution is 2.33. The number of rotatable bonds is 3. The molecule has 0 saturated heterocycles. The number of halogens is 1. The van der Waals surface area contributed by atoms with Crippen LogP contribution in [0.3, 0.4) is 0 Å². The highest BCUT2D eigenvalue weighted by molar-refractivity contribution is 5.83. The number of aldehydes is 1. The third-order valence-corrected chi connectivity index (χ3v) is 2.91. The van der Waals surface area contributed by atoms with Crippen LogP contribution in [0.1, 0.15) is 15.9 Å². The summed E-state index contributed by atoms with van der Waals surface area (Å²) in [5.41, 5.74) is 1.09. The van der Waals surface area contributed by atoms with E-state index >= 15 is 0 Å². The van der Waals surface area contributed by atoms with Crippen molar-refractivity contribution < 1.29 is 14.1 Å². The van der Waals surface area contributed by atoms with Crippen LogP contribution in [0.2, 0.25) is 0 Å². The molecular formula is C14H10FNO3. The van der Waals surface area contributed by atoms with E-state index in [4.69, 9.17) is 0 Å². The number of nitro groups is 1. The molecule has 0 unspecified atom stereocenters. The van der Waals surface area contributed by atoms with Crippen LogP contribution in [0.25, 0.3) is 11.1 Å². The molecule has 5 heteroatoms. The van der Waals surface area contributed by atoms with Gasteiger partial charge in [-0.2, -0.15) is 0 Å². The molecular weight excluding hydrogens is 249 g/mol. The lowest BCUT2D eigenvalue weighted by Crippen LogP contribution is -1.96. The maximum atomic E-state index is 13.5. The van der Waals surface area contributed by atoms with Gasteiger partial charge >= 0.3 is 0 Å². The van der Waals surface area contributed by atoms with Crippen LogP contribution in [0.4, 0.5) is 10.1 Å². The summed E-state index contributed by atoms with van der Waals surface area (Å²) in [5.74, 6) is -0.425. The van der Waals surface area contributed by atoms with Crippen molar-refractivity contribution in [1.82, 2.24) is 0 Å². The Morgan fingerprint density at radius 1 is 1.21 bits per heavy atom. The number of hydrogen-bond donors (Lipinski definition) is 0. The van der Waals surface area contributed by atoms with Gasteiger partial charge in [-0.05, 0) is 30.2 Å². The highest BCUT2D eigenvalue weighted by atomic mass is 19.1. The second-order valence-electron chi connectivity index (χ2n) is 4.06. The highest BCUT2D eigenvalue weighted by Gasteiger charge is 2.18. The molecule has 2 aromatic carbocycles. The van der Waals surface area contributed by atoms with Gasteiger partial charge in [0.1, 0.15) is 12.1 Å². The minimum Gasteiger partial charge on any atom is -0.298 e. The van der Waals surface area contributed by atoms with E-state index in [2.05, 4.69) is 0 Å². The predicted octanol–water partition coefficient (Wildman–Crippen LogP) is 3.52. The summed E-state index contributed by atoms with van der Waals surface area (Å²) >= 11 is 0.